The summed E-state index contributed by atoms with van der Waals surface area (Å²) in [4.78, 5) is 27.8. The van der Waals surface area contributed by atoms with Gasteiger partial charge in [0, 0.05) is 30.7 Å². The molecule has 1 aromatic carbocycles. The standard InChI is InChI=1S/C23H25NO3/c25-22-14-21-18-8-4-7-15(18)11-12-24(21)20-10-9-17(13-19(20)22)27-23(26)16-5-2-1-3-6-16/h1-3,5-6,17,21H,4,7-14H2. The molecule has 2 atom stereocenters. The monoisotopic (exact) mass is 363 g/mol. The summed E-state index contributed by atoms with van der Waals surface area (Å²) in [6.45, 7) is 1.05. The molecule has 2 aliphatic carbocycles. The molecule has 140 valence electrons. The molecule has 4 heteroatoms. The Balaban J connectivity index is 1.34. The van der Waals surface area contributed by atoms with E-state index in [0.717, 1.165) is 31.4 Å². The number of allylic oxidation sites excluding steroid dienone is 1. The van der Waals surface area contributed by atoms with Gasteiger partial charge in [-0.25, -0.2) is 4.79 Å². The van der Waals surface area contributed by atoms with Gasteiger partial charge in [0.05, 0.1) is 11.6 Å². The lowest BCUT2D eigenvalue weighted by molar-refractivity contribution is -0.118. The summed E-state index contributed by atoms with van der Waals surface area (Å²) in [5.41, 5.74) is 5.91. The topological polar surface area (TPSA) is 46.6 Å². The second-order valence-corrected chi connectivity index (χ2v) is 8.13. The van der Waals surface area contributed by atoms with Crippen LogP contribution in [0.15, 0.2) is 52.7 Å². The summed E-state index contributed by atoms with van der Waals surface area (Å²) in [5.74, 6) is -0.0168. The van der Waals surface area contributed by atoms with Crippen LogP contribution in [0, 0.1) is 0 Å². The van der Waals surface area contributed by atoms with Crippen LogP contribution < -0.4 is 0 Å². The Bertz CT molecular complexity index is 852. The first kappa shape index (κ1) is 16.8. The van der Waals surface area contributed by atoms with Crippen molar-refractivity contribution in [3.05, 3.63) is 58.3 Å². The summed E-state index contributed by atoms with van der Waals surface area (Å²) in [6.07, 6.45) is 7.45. The van der Waals surface area contributed by atoms with Crippen molar-refractivity contribution in [2.24, 2.45) is 0 Å². The minimum absolute atomic E-state index is 0.192. The molecule has 0 bridgehead atoms. The van der Waals surface area contributed by atoms with Gasteiger partial charge in [0.2, 0.25) is 0 Å². The molecule has 5 rings (SSSR count). The second-order valence-electron chi connectivity index (χ2n) is 8.13. The molecular formula is C23H25NO3. The third-order valence-electron chi connectivity index (χ3n) is 6.64. The van der Waals surface area contributed by atoms with Crippen LogP contribution in [0.25, 0.3) is 0 Å². The summed E-state index contributed by atoms with van der Waals surface area (Å²) in [5, 5.41) is 0. The highest BCUT2D eigenvalue weighted by Gasteiger charge is 2.41. The van der Waals surface area contributed by atoms with Crippen molar-refractivity contribution in [3.8, 4) is 0 Å². The largest absolute Gasteiger partial charge is 0.458 e. The number of carbonyl (C=O) groups is 2. The van der Waals surface area contributed by atoms with E-state index in [4.69, 9.17) is 4.74 Å². The Morgan fingerprint density at radius 1 is 1.04 bits per heavy atom. The van der Waals surface area contributed by atoms with Crippen LogP contribution in [-0.4, -0.2) is 35.3 Å². The van der Waals surface area contributed by atoms with Crippen molar-refractivity contribution in [2.45, 2.75) is 63.5 Å². The van der Waals surface area contributed by atoms with Gasteiger partial charge in [0.1, 0.15) is 6.10 Å². The van der Waals surface area contributed by atoms with Gasteiger partial charge in [-0.2, -0.15) is 0 Å². The molecule has 0 aromatic heterocycles. The number of Topliss-reactive ketones (excluding diaryl/α,β-unsaturated/α-hetero) is 1. The molecule has 0 spiro atoms. The van der Waals surface area contributed by atoms with Crippen molar-refractivity contribution >= 4 is 11.8 Å². The van der Waals surface area contributed by atoms with Gasteiger partial charge < -0.3 is 9.64 Å². The van der Waals surface area contributed by atoms with Crippen molar-refractivity contribution in [1.29, 1.82) is 0 Å². The zero-order valence-corrected chi connectivity index (χ0v) is 15.6. The molecule has 4 nitrogen and oxygen atoms in total. The maximum atomic E-state index is 12.9. The number of nitrogens with zero attached hydrogens (tertiary/aromatic N) is 1. The highest BCUT2D eigenvalue weighted by molar-refractivity contribution is 5.98. The number of hydrogen-bond donors (Lipinski definition) is 0. The quantitative estimate of drug-likeness (QED) is 0.584. The van der Waals surface area contributed by atoms with Gasteiger partial charge in [-0.3, -0.25) is 4.79 Å². The number of fused-ring (bicyclic) bond motifs is 3. The zero-order chi connectivity index (χ0) is 18.4. The van der Waals surface area contributed by atoms with E-state index in [1.165, 1.54) is 25.0 Å². The van der Waals surface area contributed by atoms with E-state index < -0.39 is 0 Å². The first-order valence-corrected chi connectivity index (χ1v) is 10.2. The lowest BCUT2D eigenvalue weighted by Gasteiger charge is -2.46. The average Bonchev–Trinajstić information content (AvgIpc) is 3.18. The van der Waals surface area contributed by atoms with E-state index in [9.17, 15) is 9.59 Å². The molecular weight excluding hydrogens is 338 g/mol. The minimum atomic E-state index is -0.287. The molecule has 0 fully saturated rings. The second kappa shape index (κ2) is 6.66. The van der Waals surface area contributed by atoms with Crippen LogP contribution in [0.5, 0.6) is 0 Å². The third kappa shape index (κ3) is 2.91. The number of ketones is 1. The number of hydrogen-bond acceptors (Lipinski definition) is 4. The van der Waals surface area contributed by atoms with Gasteiger partial charge in [0.15, 0.2) is 5.78 Å². The molecule has 0 amide bonds. The van der Waals surface area contributed by atoms with Crippen molar-refractivity contribution in [3.63, 3.8) is 0 Å². The molecule has 2 unspecified atom stereocenters. The fraction of sp³-hybridized carbons (Fsp3) is 0.478. The summed E-state index contributed by atoms with van der Waals surface area (Å²) in [7, 11) is 0. The summed E-state index contributed by atoms with van der Waals surface area (Å²) >= 11 is 0. The number of ether oxygens (including phenoxy) is 1. The molecule has 2 heterocycles. The van der Waals surface area contributed by atoms with E-state index in [0.29, 0.717) is 24.4 Å². The van der Waals surface area contributed by atoms with Crippen LogP contribution in [0.3, 0.4) is 0 Å². The maximum absolute atomic E-state index is 12.9. The first-order valence-electron chi connectivity index (χ1n) is 10.2. The number of rotatable bonds is 2. The molecule has 1 aromatic rings. The molecule has 0 N–H and O–H groups in total. The van der Waals surface area contributed by atoms with Crippen molar-refractivity contribution in [1.82, 2.24) is 4.90 Å². The van der Waals surface area contributed by atoms with Gasteiger partial charge in [-0.05, 0) is 56.2 Å². The molecule has 0 saturated heterocycles. The smallest absolute Gasteiger partial charge is 0.338 e. The average molecular weight is 363 g/mol. The fourth-order valence-corrected chi connectivity index (χ4v) is 5.35. The number of carbonyl (C=O) groups excluding carboxylic acids is 2. The predicted octanol–water partition coefficient (Wildman–Crippen LogP) is 4.18. The Hall–Kier alpha value is -2.36. The fourth-order valence-electron chi connectivity index (χ4n) is 5.35. The molecule has 27 heavy (non-hydrogen) atoms. The molecule has 0 radical (unpaired) electrons. The van der Waals surface area contributed by atoms with Crippen LogP contribution in [-0.2, 0) is 9.53 Å². The van der Waals surface area contributed by atoms with Gasteiger partial charge in [-0.1, -0.05) is 23.8 Å². The lowest BCUT2D eigenvalue weighted by Crippen LogP contribution is -2.47. The molecule has 0 saturated carbocycles. The summed E-state index contributed by atoms with van der Waals surface area (Å²) in [6, 6.07) is 9.41. The van der Waals surface area contributed by atoms with Crippen molar-refractivity contribution < 1.29 is 14.3 Å². The highest BCUT2D eigenvalue weighted by atomic mass is 16.5. The number of benzene rings is 1. The number of esters is 1. The Morgan fingerprint density at radius 2 is 1.89 bits per heavy atom. The first-order chi connectivity index (χ1) is 13.2. The third-order valence-corrected chi connectivity index (χ3v) is 6.64. The Morgan fingerprint density at radius 3 is 2.74 bits per heavy atom. The zero-order valence-electron chi connectivity index (χ0n) is 15.6. The van der Waals surface area contributed by atoms with Gasteiger partial charge in [0.25, 0.3) is 0 Å². The van der Waals surface area contributed by atoms with E-state index in [1.807, 2.05) is 18.2 Å². The Labute approximate surface area is 159 Å². The van der Waals surface area contributed by atoms with Crippen molar-refractivity contribution in [2.75, 3.05) is 6.54 Å². The van der Waals surface area contributed by atoms with Crippen LogP contribution in [0.2, 0.25) is 0 Å². The van der Waals surface area contributed by atoms with Gasteiger partial charge in [-0.15, -0.1) is 0 Å². The van der Waals surface area contributed by atoms with Crippen LogP contribution >= 0.6 is 0 Å². The Kier molecular flexibility index (Phi) is 4.14. The summed E-state index contributed by atoms with van der Waals surface area (Å²) < 4.78 is 5.73. The van der Waals surface area contributed by atoms with Crippen LogP contribution in [0.4, 0.5) is 0 Å². The normalized spacial score (nSPS) is 27.3. The van der Waals surface area contributed by atoms with Gasteiger partial charge >= 0.3 is 5.97 Å². The maximum Gasteiger partial charge on any atom is 0.338 e. The van der Waals surface area contributed by atoms with E-state index in [-0.39, 0.29) is 17.9 Å². The SMILES string of the molecule is O=C1CC2C3=C(CCC3)CCN2C2=C1CC(OC(=O)c1ccccc1)CC2. The minimum Gasteiger partial charge on any atom is -0.458 e. The van der Waals surface area contributed by atoms with E-state index >= 15 is 0 Å². The highest BCUT2D eigenvalue weighted by Crippen LogP contribution is 2.45. The van der Waals surface area contributed by atoms with E-state index in [2.05, 4.69) is 4.90 Å². The molecule has 2 aliphatic heterocycles. The predicted molar refractivity (Wildman–Crippen MR) is 102 cm³/mol. The van der Waals surface area contributed by atoms with Crippen LogP contribution in [0.1, 0.15) is 61.7 Å². The lowest BCUT2D eigenvalue weighted by atomic mass is 9.80. The molecule has 4 aliphatic rings. The van der Waals surface area contributed by atoms with E-state index in [1.54, 1.807) is 23.3 Å².